The van der Waals surface area contributed by atoms with Gasteiger partial charge in [0.25, 0.3) is 0 Å². The normalized spacial score (nSPS) is 13.5. The summed E-state index contributed by atoms with van der Waals surface area (Å²) >= 11 is 6.71. The molecule has 0 amide bonds. The Labute approximate surface area is 226 Å². The monoisotopic (exact) mass is 519 g/mol. The zero-order chi connectivity index (χ0) is 27.4. The molecule has 0 aliphatic rings. The average Bonchev–Trinajstić information content (AvgIpc) is 3.52. The Morgan fingerprint density at radius 2 is 1.82 bits per heavy atom. The number of nitriles is 2. The zero-order valence-corrected chi connectivity index (χ0v) is 21.2. The summed E-state index contributed by atoms with van der Waals surface area (Å²) in [7, 11) is 0. The summed E-state index contributed by atoms with van der Waals surface area (Å²) in [4.78, 5) is 4.45. The smallest absolute Gasteiger partial charge is 0.109 e. The van der Waals surface area contributed by atoms with Gasteiger partial charge in [0.2, 0.25) is 0 Å². The van der Waals surface area contributed by atoms with Crippen molar-refractivity contribution in [1.29, 1.82) is 10.5 Å². The van der Waals surface area contributed by atoms with E-state index in [1.807, 2.05) is 36.4 Å². The maximum Gasteiger partial charge on any atom is 0.109 e. The Hall–Kier alpha value is -4.92. The first-order chi connectivity index (χ1) is 19.0. The molecule has 0 bridgehead atoms. The van der Waals surface area contributed by atoms with Gasteiger partial charge in [-0.2, -0.15) is 25.9 Å². The highest BCUT2D eigenvalue weighted by atomic mass is 35.5. The molecule has 186 valence electrons. The topological polar surface area (TPSA) is 126 Å². The van der Waals surface area contributed by atoms with Crippen molar-refractivity contribution in [3.8, 4) is 12.1 Å². The van der Waals surface area contributed by atoms with Gasteiger partial charge in [-0.15, -0.1) is 0 Å². The predicted octanol–water partition coefficient (Wildman–Crippen LogP) is 6.51. The standard InChI is InChI=1S/C29H23ClN8/c1-2-25(19-8-4-3-5-9-19)36-27-21(15-32)16-33-29-23(27)12-22(13-24(29)30)35-28(26-17-34-38-37-26)20-10-6-7-18(11-20)14-31/h3-13,16-17,25,28,35H,2H2,1H3,(H,33,36)(H,34,37,38)/i28D. The summed E-state index contributed by atoms with van der Waals surface area (Å²) in [6.45, 7) is 2.07. The van der Waals surface area contributed by atoms with Gasteiger partial charge >= 0.3 is 0 Å². The van der Waals surface area contributed by atoms with Crippen molar-refractivity contribution in [2.24, 2.45) is 0 Å². The predicted molar refractivity (Wildman–Crippen MR) is 148 cm³/mol. The molecule has 2 unspecified atom stereocenters. The van der Waals surface area contributed by atoms with Gasteiger partial charge in [-0.1, -0.05) is 61.0 Å². The Kier molecular flexibility index (Phi) is 6.80. The zero-order valence-electron chi connectivity index (χ0n) is 21.4. The maximum atomic E-state index is 9.93. The van der Waals surface area contributed by atoms with Crippen LogP contribution in [0.1, 0.15) is 54.7 Å². The molecule has 38 heavy (non-hydrogen) atoms. The molecular formula is C29H23ClN8. The van der Waals surface area contributed by atoms with E-state index in [1.165, 1.54) is 12.4 Å². The minimum atomic E-state index is -1.61. The van der Waals surface area contributed by atoms with Crippen LogP contribution in [0.5, 0.6) is 0 Å². The fourth-order valence-corrected chi connectivity index (χ4v) is 4.62. The molecule has 2 atom stereocenters. The van der Waals surface area contributed by atoms with Gasteiger partial charge < -0.3 is 10.6 Å². The lowest BCUT2D eigenvalue weighted by atomic mass is 10.0. The van der Waals surface area contributed by atoms with E-state index in [9.17, 15) is 11.9 Å². The molecule has 2 heterocycles. The van der Waals surface area contributed by atoms with Gasteiger partial charge in [0, 0.05) is 17.3 Å². The lowest BCUT2D eigenvalue weighted by molar-refractivity contribution is 0.750. The molecule has 3 aromatic carbocycles. The third-order valence-corrected chi connectivity index (χ3v) is 6.48. The van der Waals surface area contributed by atoms with Gasteiger partial charge in [-0.05, 0) is 41.8 Å². The van der Waals surface area contributed by atoms with E-state index in [0.717, 1.165) is 12.0 Å². The van der Waals surface area contributed by atoms with Crippen LogP contribution in [0.15, 0.2) is 79.1 Å². The first-order valence-corrected chi connectivity index (χ1v) is 12.3. The maximum absolute atomic E-state index is 9.93. The SMILES string of the molecule is [2H]C(Nc1cc(Cl)c2ncc(C#N)c(NC(CC)c3ccccc3)c2c1)(c1cccc(C#N)c1)c1cn[nH]n1. The summed E-state index contributed by atoms with van der Waals surface area (Å²) in [5.41, 5.74) is 4.29. The Morgan fingerprint density at radius 3 is 2.53 bits per heavy atom. The van der Waals surface area contributed by atoms with Gasteiger partial charge in [0.05, 0.1) is 53.1 Å². The fraction of sp³-hybridized carbons (Fsp3) is 0.138. The highest BCUT2D eigenvalue weighted by Gasteiger charge is 2.21. The van der Waals surface area contributed by atoms with Crippen LogP contribution in [-0.4, -0.2) is 20.4 Å². The number of aromatic amines is 1. The number of H-pyrrole nitrogens is 1. The molecule has 0 fully saturated rings. The minimum absolute atomic E-state index is 0.0570. The summed E-state index contributed by atoms with van der Waals surface area (Å²) < 4.78 is 9.42. The molecule has 0 saturated carbocycles. The highest BCUT2D eigenvalue weighted by Crippen LogP contribution is 2.37. The molecule has 0 aliphatic carbocycles. The van der Waals surface area contributed by atoms with Crippen LogP contribution in [-0.2, 0) is 0 Å². The van der Waals surface area contributed by atoms with Crippen molar-refractivity contribution < 1.29 is 1.37 Å². The summed E-state index contributed by atoms with van der Waals surface area (Å²) in [6, 6.07) is 22.9. The van der Waals surface area contributed by atoms with Crippen molar-refractivity contribution in [3.05, 3.63) is 112 Å². The average molecular weight is 520 g/mol. The van der Waals surface area contributed by atoms with Crippen LogP contribution in [0.25, 0.3) is 10.9 Å². The van der Waals surface area contributed by atoms with Crippen LogP contribution in [0.2, 0.25) is 5.02 Å². The van der Waals surface area contributed by atoms with E-state index in [0.29, 0.717) is 49.7 Å². The minimum Gasteiger partial charge on any atom is -0.377 e. The van der Waals surface area contributed by atoms with E-state index < -0.39 is 6.02 Å². The second-order valence-corrected chi connectivity index (χ2v) is 8.98. The molecule has 3 N–H and O–H groups in total. The first kappa shape index (κ1) is 23.5. The van der Waals surface area contributed by atoms with Crippen molar-refractivity contribution in [2.75, 3.05) is 10.6 Å². The van der Waals surface area contributed by atoms with E-state index in [4.69, 9.17) is 11.6 Å². The lowest BCUT2D eigenvalue weighted by Gasteiger charge is -2.22. The van der Waals surface area contributed by atoms with E-state index in [1.54, 1.807) is 30.3 Å². The quantitative estimate of drug-likeness (QED) is 0.213. The summed E-state index contributed by atoms with van der Waals surface area (Å²) in [6.07, 6.45) is 3.75. The van der Waals surface area contributed by atoms with Crippen molar-refractivity contribution in [3.63, 3.8) is 0 Å². The van der Waals surface area contributed by atoms with Crippen LogP contribution in [0.3, 0.4) is 0 Å². The number of hydrogen-bond acceptors (Lipinski definition) is 7. The second kappa shape index (κ2) is 11.0. The van der Waals surface area contributed by atoms with Crippen molar-refractivity contribution in [1.82, 2.24) is 20.4 Å². The van der Waals surface area contributed by atoms with Gasteiger partial charge in [-0.25, -0.2) is 0 Å². The van der Waals surface area contributed by atoms with E-state index in [-0.39, 0.29) is 6.04 Å². The third-order valence-electron chi connectivity index (χ3n) is 6.19. The van der Waals surface area contributed by atoms with Crippen LogP contribution in [0.4, 0.5) is 11.4 Å². The van der Waals surface area contributed by atoms with Crippen LogP contribution < -0.4 is 10.6 Å². The Morgan fingerprint density at radius 1 is 1.00 bits per heavy atom. The fourth-order valence-electron chi connectivity index (χ4n) is 4.35. The Bertz CT molecular complexity index is 1710. The van der Waals surface area contributed by atoms with E-state index in [2.05, 4.69) is 50.1 Å². The third kappa shape index (κ3) is 4.99. The molecule has 0 saturated heterocycles. The largest absolute Gasteiger partial charge is 0.377 e. The second-order valence-electron chi connectivity index (χ2n) is 8.58. The molecule has 5 aromatic rings. The molecule has 2 aromatic heterocycles. The summed E-state index contributed by atoms with van der Waals surface area (Å²) in [5.74, 6) is 0. The number of benzene rings is 3. The number of nitrogens with zero attached hydrogens (tertiary/aromatic N) is 5. The van der Waals surface area contributed by atoms with E-state index >= 15 is 0 Å². The van der Waals surface area contributed by atoms with Gasteiger partial charge in [-0.3, -0.25) is 4.98 Å². The summed E-state index contributed by atoms with van der Waals surface area (Å²) in [5, 5.41) is 37.7. The molecule has 0 aliphatic heterocycles. The van der Waals surface area contributed by atoms with Crippen molar-refractivity contribution >= 4 is 33.9 Å². The molecule has 0 spiro atoms. The van der Waals surface area contributed by atoms with Crippen LogP contribution in [0, 0.1) is 22.7 Å². The number of fused-ring (bicyclic) bond motifs is 1. The molecular weight excluding hydrogens is 496 g/mol. The highest BCUT2D eigenvalue weighted by molar-refractivity contribution is 6.35. The van der Waals surface area contributed by atoms with Gasteiger partial charge in [0.1, 0.15) is 11.8 Å². The number of hydrogen-bond donors (Lipinski definition) is 3. The lowest BCUT2D eigenvalue weighted by Crippen LogP contribution is -2.14. The number of nitrogens with one attached hydrogen (secondary N) is 3. The molecule has 8 nitrogen and oxygen atoms in total. The number of aromatic nitrogens is 4. The first-order valence-electron chi connectivity index (χ1n) is 12.5. The molecule has 9 heteroatoms. The Balaban J connectivity index is 1.64. The number of pyridine rings is 1. The number of halogens is 1. The van der Waals surface area contributed by atoms with Crippen LogP contribution >= 0.6 is 11.6 Å². The van der Waals surface area contributed by atoms with Crippen molar-refractivity contribution in [2.45, 2.75) is 25.4 Å². The number of anilines is 2. The number of rotatable bonds is 8. The molecule has 0 radical (unpaired) electrons. The molecule has 5 rings (SSSR count). The van der Waals surface area contributed by atoms with Gasteiger partial charge in [0.15, 0.2) is 0 Å².